The van der Waals surface area contributed by atoms with Crippen LogP contribution in [0, 0.1) is 0 Å². The molecule has 3 aromatic carbocycles. The number of allylic oxidation sites excluding steroid dienone is 1. The number of nitrogens with one attached hydrogen (secondary N) is 1. The van der Waals surface area contributed by atoms with E-state index in [9.17, 15) is 14.4 Å². The van der Waals surface area contributed by atoms with Gasteiger partial charge in [-0.25, -0.2) is 9.69 Å². The minimum absolute atomic E-state index is 0.164. The van der Waals surface area contributed by atoms with Crippen LogP contribution in [-0.2, 0) is 22.6 Å². The van der Waals surface area contributed by atoms with E-state index in [0.717, 1.165) is 16.0 Å². The van der Waals surface area contributed by atoms with Gasteiger partial charge in [0.25, 0.3) is 11.8 Å². The molecule has 1 fully saturated rings. The second-order valence-electron chi connectivity index (χ2n) is 8.00. The highest BCUT2D eigenvalue weighted by molar-refractivity contribution is 6.39. The number of rotatable bonds is 9. The molecule has 4 rings (SSSR count). The number of barbiturate groups is 1. The number of imide groups is 2. The molecule has 3 aromatic rings. The predicted octanol–water partition coefficient (Wildman–Crippen LogP) is 5.06. The summed E-state index contributed by atoms with van der Waals surface area (Å²) >= 11 is 0. The van der Waals surface area contributed by atoms with Crippen molar-refractivity contribution in [1.82, 2.24) is 5.32 Å². The second-order valence-corrected chi connectivity index (χ2v) is 8.00. The maximum atomic E-state index is 13.2. The summed E-state index contributed by atoms with van der Waals surface area (Å²) in [5, 5.41) is 2.24. The average molecular weight is 483 g/mol. The molecule has 1 saturated heterocycles. The normalized spacial score (nSPS) is 14.5. The van der Waals surface area contributed by atoms with E-state index in [4.69, 9.17) is 9.47 Å². The Morgan fingerprint density at radius 3 is 2.31 bits per heavy atom. The van der Waals surface area contributed by atoms with Crippen molar-refractivity contribution in [2.24, 2.45) is 0 Å². The summed E-state index contributed by atoms with van der Waals surface area (Å²) in [5.74, 6) is -0.407. The molecule has 0 radical (unpaired) electrons. The fourth-order valence-electron chi connectivity index (χ4n) is 3.87. The number of para-hydroxylation sites is 1. The summed E-state index contributed by atoms with van der Waals surface area (Å²) in [6.07, 6.45) is 3.68. The highest BCUT2D eigenvalue weighted by Crippen LogP contribution is 2.35. The molecule has 0 atom stereocenters. The molecule has 0 unspecified atom stereocenters. The molecule has 1 heterocycles. The first-order valence-corrected chi connectivity index (χ1v) is 11.6. The van der Waals surface area contributed by atoms with Crippen LogP contribution in [0.25, 0.3) is 6.08 Å². The third-order valence-corrected chi connectivity index (χ3v) is 5.47. The molecule has 0 aromatic heterocycles. The molecule has 0 aliphatic carbocycles. The van der Waals surface area contributed by atoms with Crippen molar-refractivity contribution >= 4 is 29.6 Å². The van der Waals surface area contributed by atoms with E-state index < -0.39 is 17.8 Å². The lowest BCUT2D eigenvalue weighted by Crippen LogP contribution is -2.54. The summed E-state index contributed by atoms with van der Waals surface area (Å²) in [7, 11) is 0. The third-order valence-electron chi connectivity index (χ3n) is 5.47. The Labute approximate surface area is 209 Å². The van der Waals surface area contributed by atoms with Gasteiger partial charge in [0.05, 0.1) is 12.3 Å². The molecule has 1 N–H and O–H groups in total. The molecule has 0 saturated carbocycles. The zero-order valence-corrected chi connectivity index (χ0v) is 19.9. The number of hydrogen-bond donors (Lipinski definition) is 1. The molecule has 0 spiro atoms. The Bertz CT molecular complexity index is 1320. The summed E-state index contributed by atoms with van der Waals surface area (Å²) in [4.78, 5) is 39.2. The van der Waals surface area contributed by atoms with Gasteiger partial charge in [-0.1, -0.05) is 54.6 Å². The number of urea groups is 1. The van der Waals surface area contributed by atoms with Gasteiger partial charge < -0.3 is 9.47 Å². The van der Waals surface area contributed by atoms with E-state index in [-0.39, 0.29) is 5.57 Å². The standard InChI is InChI=1S/C29H26N2O5/c1-3-11-22-16-21(18-25(35-4-2)26(22)36-19-20-12-7-5-8-13-20)17-24-27(32)30-29(34)31(28(24)33)23-14-9-6-10-15-23/h3,5-10,12-18H,1,4,11,19H2,2H3,(H,30,32,34)/b24-17+. The largest absolute Gasteiger partial charge is 0.490 e. The molecular formula is C29H26N2O5. The first-order valence-electron chi connectivity index (χ1n) is 11.6. The van der Waals surface area contributed by atoms with Crippen LogP contribution in [0.4, 0.5) is 10.5 Å². The SMILES string of the molecule is C=CCc1cc(/C=C2\C(=O)NC(=O)N(c3ccccc3)C2=O)cc(OCC)c1OCc1ccccc1. The van der Waals surface area contributed by atoms with E-state index in [1.807, 2.05) is 43.3 Å². The zero-order valence-electron chi connectivity index (χ0n) is 19.9. The minimum atomic E-state index is -0.791. The lowest BCUT2D eigenvalue weighted by molar-refractivity contribution is -0.122. The molecule has 1 aliphatic rings. The Morgan fingerprint density at radius 1 is 0.944 bits per heavy atom. The van der Waals surface area contributed by atoms with Gasteiger partial charge in [0, 0.05) is 5.56 Å². The first-order chi connectivity index (χ1) is 17.5. The number of amides is 4. The van der Waals surface area contributed by atoms with Crippen molar-refractivity contribution in [3.63, 3.8) is 0 Å². The topological polar surface area (TPSA) is 84.9 Å². The molecule has 4 amide bonds. The van der Waals surface area contributed by atoms with E-state index in [2.05, 4.69) is 11.9 Å². The number of anilines is 1. The van der Waals surface area contributed by atoms with E-state index >= 15 is 0 Å². The van der Waals surface area contributed by atoms with Crippen LogP contribution < -0.4 is 19.7 Å². The fourth-order valence-corrected chi connectivity index (χ4v) is 3.87. The molecule has 182 valence electrons. The van der Waals surface area contributed by atoms with Crippen LogP contribution in [-0.4, -0.2) is 24.5 Å². The van der Waals surface area contributed by atoms with Crippen LogP contribution in [0.2, 0.25) is 0 Å². The maximum Gasteiger partial charge on any atom is 0.335 e. The van der Waals surface area contributed by atoms with Crippen molar-refractivity contribution in [2.75, 3.05) is 11.5 Å². The lowest BCUT2D eigenvalue weighted by atomic mass is 10.0. The van der Waals surface area contributed by atoms with Gasteiger partial charge in [-0.3, -0.25) is 14.9 Å². The Balaban J connectivity index is 1.72. The summed E-state index contributed by atoms with van der Waals surface area (Å²) in [5.41, 5.74) is 2.56. The summed E-state index contributed by atoms with van der Waals surface area (Å²) < 4.78 is 12.0. The van der Waals surface area contributed by atoms with Crippen molar-refractivity contribution < 1.29 is 23.9 Å². The number of hydrogen-bond acceptors (Lipinski definition) is 5. The van der Waals surface area contributed by atoms with E-state index in [1.165, 1.54) is 6.08 Å². The fraction of sp³-hybridized carbons (Fsp3) is 0.138. The molecule has 1 aliphatic heterocycles. The van der Waals surface area contributed by atoms with Crippen LogP contribution in [0.3, 0.4) is 0 Å². The number of ether oxygens (including phenoxy) is 2. The van der Waals surface area contributed by atoms with Gasteiger partial charge in [0.1, 0.15) is 12.2 Å². The molecular weight excluding hydrogens is 456 g/mol. The second kappa shape index (κ2) is 11.2. The van der Waals surface area contributed by atoms with Gasteiger partial charge in [-0.15, -0.1) is 6.58 Å². The monoisotopic (exact) mass is 482 g/mol. The Morgan fingerprint density at radius 2 is 1.64 bits per heavy atom. The quantitative estimate of drug-likeness (QED) is 0.262. The van der Waals surface area contributed by atoms with Crippen molar-refractivity contribution in [1.29, 1.82) is 0 Å². The van der Waals surface area contributed by atoms with Crippen LogP contribution in [0.15, 0.2) is 91.0 Å². The van der Waals surface area contributed by atoms with Crippen LogP contribution >= 0.6 is 0 Å². The average Bonchev–Trinajstić information content (AvgIpc) is 2.87. The van der Waals surface area contributed by atoms with Crippen molar-refractivity contribution in [2.45, 2.75) is 20.0 Å². The molecule has 36 heavy (non-hydrogen) atoms. The maximum absolute atomic E-state index is 13.2. The highest BCUT2D eigenvalue weighted by atomic mass is 16.5. The van der Waals surface area contributed by atoms with E-state index in [0.29, 0.717) is 42.4 Å². The first kappa shape index (κ1) is 24.5. The smallest absolute Gasteiger partial charge is 0.335 e. The number of carbonyl (C=O) groups excluding carboxylic acids is 3. The summed E-state index contributed by atoms with van der Waals surface area (Å²) in [6.45, 7) is 6.44. The van der Waals surface area contributed by atoms with Gasteiger partial charge in [0.2, 0.25) is 0 Å². The highest BCUT2D eigenvalue weighted by Gasteiger charge is 2.36. The molecule has 7 heteroatoms. The number of carbonyl (C=O) groups is 3. The van der Waals surface area contributed by atoms with Gasteiger partial charge >= 0.3 is 6.03 Å². The third kappa shape index (κ3) is 5.36. The number of nitrogens with zero attached hydrogens (tertiary/aromatic N) is 1. The summed E-state index contributed by atoms with van der Waals surface area (Å²) in [6, 6.07) is 21.0. The Hall–Kier alpha value is -4.65. The molecule has 7 nitrogen and oxygen atoms in total. The van der Waals surface area contributed by atoms with Crippen LogP contribution in [0.5, 0.6) is 11.5 Å². The minimum Gasteiger partial charge on any atom is -0.490 e. The molecule has 0 bridgehead atoms. The van der Waals surface area contributed by atoms with Crippen LogP contribution in [0.1, 0.15) is 23.6 Å². The van der Waals surface area contributed by atoms with Gasteiger partial charge in [-0.2, -0.15) is 0 Å². The predicted molar refractivity (Wildman–Crippen MR) is 138 cm³/mol. The van der Waals surface area contributed by atoms with E-state index in [1.54, 1.807) is 42.5 Å². The van der Waals surface area contributed by atoms with Gasteiger partial charge in [-0.05, 0) is 54.8 Å². The number of benzene rings is 3. The zero-order chi connectivity index (χ0) is 25.5. The van der Waals surface area contributed by atoms with Crippen molar-refractivity contribution in [3.8, 4) is 11.5 Å². The Kier molecular flexibility index (Phi) is 7.60. The van der Waals surface area contributed by atoms with Gasteiger partial charge in [0.15, 0.2) is 11.5 Å². The van der Waals surface area contributed by atoms with Crippen molar-refractivity contribution in [3.05, 3.63) is 108 Å². The lowest BCUT2D eigenvalue weighted by Gasteiger charge is -2.26.